The molecule has 0 bridgehead atoms. The number of amides is 2. The van der Waals surface area contributed by atoms with Crippen molar-refractivity contribution in [2.75, 3.05) is 40.9 Å². The van der Waals surface area contributed by atoms with Crippen molar-refractivity contribution in [1.29, 1.82) is 0 Å². The molecule has 1 atom stereocenters. The van der Waals surface area contributed by atoms with Crippen molar-refractivity contribution in [3.63, 3.8) is 0 Å². The molecule has 2 aliphatic rings. The van der Waals surface area contributed by atoms with Crippen molar-refractivity contribution in [2.45, 2.75) is 6.10 Å². The Balaban J connectivity index is 1.78. The van der Waals surface area contributed by atoms with Gasteiger partial charge in [-0.15, -0.1) is 0 Å². The van der Waals surface area contributed by atoms with Crippen LogP contribution in [-0.4, -0.2) is 57.7 Å². The maximum Gasteiger partial charge on any atom is 0.415 e. The van der Waals surface area contributed by atoms with Gasteiger partial charge in [-0.05, 0) is 18.2 Å². The number of ether oxygens (including phenoxy) is 1. The first kappa shape index (κ1) is 16.5. The number of hydrogen-bond acceptors (Lipinski definition) is 6. The van der Waals surface area contributed by atoms with E-state index in [1.807, 2.05) is 0 Å². The summed E-state index contributed by atoms with van der Waals surface area (Å²) in [6.07, 6.45) is -1.83. The molecular weight excluding hydrogens is 341 g/mol. The van der Waals surface area contributed by atoms with Crippen molar-refractivity contribution < 1.29 is 27.1 Å². The van der Waals surface area contributed by atoms with Crippen LogP contribution in [0.15, 0.2) is 18.2 Å². The zero-order valence-electron chi connectivity index (χ0n) is 12.6. The lowest BCUT2D eigenvalue weighted by Gasteiger charge is -2.29. The van der Waals surface area contributed by atoms with Gasteiger partial charge in [-0.1, -0.05) is 0 Å². The largest absolute Gasteiger partial charge is 0.434 e. The number of halogens is 1. The Labute approximate surface area is 137 Å². The summed E-state index contributed by atoms with van der Waals surface area (Å²) in [5.41, 5.74) is 5.62. The number of sulfone groups is 1. The Bertz CT molecular complexity index is 784. The molecule has 0 spiro atoms. The highest BCUT2D eigenvalue weighted by atomic mass is 32.2. The lowest BCUT2D eigenvalue weighted by Crippen LogP contribution is -2.40. The zero-order chi connectivity index (χ0) is 17.5. The average molecular weight is 357 g/mol. The molecule has 0 saturated carbocycles. The Hall–Kier alpha value is -2.36. The normalized spacial score (nSPS) is 23.2. The molecular formula is C14H16FN3O5S. The number of nitrogens with zero attached hydrogens (tertiary/aromatic N) is 2. The number of nitrogens with two attached hydrogens (primary N) is 1. The molecule has 2 heterocycles. The molecule has 0 aliphatic carbocycles. The summed E-state index contributed by atoms with van der Waals surface area (Å²) in [6.45, 7) is 0.358. The highest BCUT2D eigenvalue weighted by Crippen LogP contribution is 2.28. The van der Waals surface area contributed by atoms with E-state index >= 15 is 0 Å². The summed E-state index contributed by atoms with van der Waals surface area (Å²) in [7, 11) is -3.06. The number of primary amides is 1. The Morgan fingerprint density at radius 3 is 2.50 bits per heavy atom. The minimum absolute atomic E-state index is 0.0209. The standard InChI is InChI=1S/C14H16FN3O5S/c15-10-7-9(18-8-12(13(16)19)23-14(18)20)1-2-11(10)17-3-5-24(21,22)6-4-17/h1-2,7,12H,3-6,8H2,(H2,16,19). The predicted molar refractivity (Wildman–Crippen MR) is 84.1 cm³/mol. The summed E-state index contributed by atoms with van der Waals surface area (Å²) in [6, 6.07) is 4.16. The number of hydrogen-bond donors (Lipinski definition) is 1. The van der Waals surface area contributed by atoms with E-state index in [2.05, 4.69) is 0 Å². The van der Waals surface area contributed by atoms with Gasteiger partial charge in [0.05, 0.1) is 29.4 Å². The van der Waals surface area contributed by atoms with E-state index in [-0.39, 0.29) is 42.5 Å². The first-order valence-corrected chi connectivity index (χ1v) is 9.11. The maximum atomic E-state index is 14.4. The quantitative estimate of drug-likeness (QED) is 0.807. The van der Waals surface area contributed by atoms with Crippen LogP contribution in [0.3, 0.4) is 0 Å². The third kappa shape index (κ3) is 3.14. The molecule has 10 heteroatoms. The van der Waals surface area contributed by atoms with E-state index in [0.29, 0.717) is 0 Å². The van der Waals surface area contributed by atoms with Crippen molar-refractivity contribution >= 4 is 33.2 Å². The van der Waals surface area contributed by atoms with Gasteiger partial charge in [0.15, 0.2) is 15.9 Å². The first-order valence-electron chi connectivity index (χ1n) is 7.29. The van der Waals surface area contributed by atoms with Crippen LogP contribution in [0.4, 0.5) is 20.6 Å². The van der Waals surface area contributed by atoms with Gasteiger partial charge in [-0.2, -0.15) is 0 Å². The number of carbonyl (C=O) groups excluding carboxylic acids is 2. The summed E-state index contributed by atoms with van der Waals surface area (Å²) in [5, 5.41) is 0. The number of benzene rings is 1. The average Bonchev–Trinajstić information content (AvgIpc) is 2.90. The van der Waals surface area contributed by atoms with Gasteiger partial charge in [0, 0.05) is 13.1 Å². The molecule has 2 fully saturated rings. The molecule has 0 aromatic heterocycles. The van der Waals surface area contributed by atoms with Gasteiger partial charge < -0.3 is 15.4 Å². The first-order chi connectivity index (χ1) is 11.3. The zero-order valence-corrected chi connectivity index (χ0v) is 13.5. The lowest BCUT2D eigenvalue weighted by atomic mass is 10.2. The van der Waals surface area contributed by atoms with Crippen LogP contribution in [0.25, 0.3) is 0 Å². The monoisotopic (exact) mass is 357 g/mol. The van der Waals surface area contributed by atoms with Crippen LogP contribution in [-0.2, 0) is 19.4 Å². The van der Waals surface area contributed by atoms with Crippen molar-refractivity contribution in [2.24, 2.45) is 5.73 Å². The van der Waals surface area contributed by atoms with Crippen molar-refractivity contribution in [3.8, 4) is 0 Å². The van der Waals surface area contributed by atoms with E-state index in [9.17, 15) is 22.4 Å². The van der Waals surface area contributed by atoms with Gasteiger partial charge in [0.2, 0.25) is 0 Å². The fraction of sp³-hybridized carbons (Fsp3) is 0.429. The molecule has 8 nitrogen and oxygen atoms in total. The molecule has 0 radical (unpaired) electrons. The SMILES string of the molecule is NC(=O)C1CN(c2ccc(N3CCS(=O)(=O)CC3)c(F)c2)C(=O)O1. The van der Waals surface area contributed by atoms with Crippen LogP contribution < -0.4 is 15.5 Å². The van der Waals surface area contributed by atoms with Crippen LogP contribution >= 0.6 is 0 Å². The molecule has 130 valence electrons. The van der Waals surface area contributed by atoms with Gasteiger partial charge >= 0.3 is 6.09 Å². The number of anilines is 2. The lowest BCUT2D eigenvalue weighted by molar-refractivity contribution is -0.124. The Morgan fingerprint density at radius 2 is 1.96 bits per heavy atom. The van der Waals surface area contributed by atoms with Crippen molar-refractivity contribution in [1.82, 2.24) is 0 Å². The fourth-order valence-corrected chi connectivity index (χ4v) is 3.90. The van der Waals surface area contributed by atoms with Gasteiger partial charge in [-0.3, -0.25) is 9.69 Å². The minimum atomic E-state index is -3.06. The molecule has 2 saturated heterocycles. The molecule has 2 aliphatic heterocycles. The van der Waals surface area contributed by atoms with Gasteiger partial charge in [0.25, 0.3) is 5.91 Å². The summed E-state index contributed by atoms with van der Waals surface area (Å²) < 4.78 is 42.1. The summed E-state index contributed by atoms with van der Waals surface area (Å²) in [5.74, 6) is -1.39. The second-order valence-corrected chi connectivity index (χ2v) is 7.96. The molecule has 1 aromatic carbocycles. The van der Waals surface area contributed by atoms with Crippen molar-refractivity contribution in [3.05, 3.63) is 24.0 Å². The van der Waals surface area contributed by atoms with Crippen LogP contribution in [0, 0.1) is 5.82 Å². The van der Waals surface area contributed by atoms with Gasteiger partial charge in [0.1, 0.15) is 5.82 Å². The van der Waals surface area contributed by atoms with Crippen LogP contribution in [0.2, 0.25) is 0 Å². The number of cyclic esters (lactones) is 1. The second-order valence-electron chi connectivity index (χ2n) is 5.66. The smallest absolute Gasteiger partial charge is 0.415 e. The van der Waals surface area contributed by atoms with E-state index < -0.39 is 33.8 Å². The van der Waals surface area contributed by atoms with Gasteiger partial charge in [-0.25, -0.2) is 17.6 Å². The fourth-order valence-electron chi connectivity index (χ4n) is 2.70. The molecule has 1 aromatic rings. The van der Waals surface area contributed by atoms with E-state index in [1.54, 1.807) is 4.90 Å². The summed E-state index contributed by atoms with van der Waals surface area (Å²) in [4.78, 5) is 25.6. The third-order valence-electron chi connectivity index (χ3n) is 4.06. The highest BCUT2D eigenvalue weighted by molar-refractivity contribution is 7.91. The third-order valence-corrected chi connectivity index (χ3v) is 5.67. The number of carbonyl (C=O) groups is 2. The predicted octanol–water partition coefficient (Wildman–Crippen LogP) is -0.129. The second kappa shape index (κ2) is 5.93. The topological polar surface area (TPSA) is 110 Å². The van der Waals surface area contributed by atoms with E-state index in [0.717, 1.165) is 11.0 Å². The number of rotatable bonds is 3. The molecule has 2 N–H and O–H groups in total. The van der Waals surface area contributed by atoms with E-state index in [1.165, 1.54) is 12.1 Å². The van der Waals surface area contributed by atoms with Crippen LogP contribution in [0.1, 0.15) is 0 Å². The Morgan fingerprint density at radius 1 is 1.29 bits per heavy atom. The molecule has 24 heavy (non-hydrogen) atoms. The van der Waals surface area contributed by atoms with Crippen LogP contribution in [0.5, 0.6) is 0 Å². The molecule has 1 unspecified atom stereocenters. The minimum Gasteiger partial charge on any atom is -0.434 e. The van der Waals surface area contributed by atoms with E-state index in [4.69, 9.17) is 10.5 Å². The maximum absolute atomic E-state index is 14.4. The Kier molecular flexibility index (Phi) is 4.08. The highest BCUT2D eigenvalue weighted by Gasteiger charge is 2.36. The molecule has 3 rings (SSSR count). The summed E-state index contributed by atoms with van der Waals surface area (Å²) >= 11 is 0. The molecule has 2 amide bonds.